The van der Waals surface area contributed by atoms with E-state index in [1.165, 1.54) is 9.75 Å². The highest BCUT2D eigenvalue weighted by Gasteiger charge is 2.67. The minimum absolute atomic E-state index is 0.0654. The molecule has 0 saturated heterocycles. The molecular formula is C15H16Cl2N2OS2. The van der Waals surface area contributed by atoms with Crippen molar-refractivity contribution in [3.63, 3.8) is 0 Å². The second-order valence-electron chi connectivity index (χ2n) is 5.74. The molecule has 2 aromatic rings. The lowest BCUT2D eigenvalue weighted by atomic mass is 10.1. The van der Waals surface area contributed by atoms with Gasteiger partial charge in [-0.1, -0.05) is 0 Å². The first-order chi connectivity index (χ1) is 10.3. The first-order valence-corrected chi connectivity index (χ1v) is 9.44. The number of aromatic nitrogens is 1. The van der Waals surface area contributed by atoms with Gasteiger partial charge in [0.05, 0.1) is 21.0 Å². The van der Waals surface area contributed by atoms with Crippen LogP contribution in [0.15, 0.2) is 17.5 Å². The number of alkyl halides is 2. The number of carbonyl (C=O) groups is 1. The molecule has 1 amide bonds. The molecule has 1 aliphatic carbocycles. The normalized spacial score (nSPS) is 22.5. The number of nitrogens with one attached hydrogen (secondary N) is 1. The third kappa shape index (κ3) is 3.04. The highest BCUT2D eigenvalue weighted by Crippen LogP contribution is 2.63. The third-order valence-corrected chi connectivity index (χ3v) is 6.99. The molecule has 0 radical (unpaired) electrons. The van der Waals surface area contributed by atoms with E-state index in [0.717, 1.165) is 17.1 Å². The van der Waals surface area contributed by atoms with Crippen LogP contribution in [-0.2, 0) is 11.2 Å². The summed E-state index contributed by atoms with van der Waals surface area (Å²) in [4.78, 5) is 19.0. The molecule has 1 unspecified atom stereocenters. The number of hydrogen-bond acceptors (Lipinski definition) is 4. The van der Waals surface area contributed by atoms with Gasteiger partial charge in [0, 0.05) is 16.8 Å². The molecule has 1 aliphatic rings. The predicted molar refractivity (Wildman–Crippen MR) is 94.0 cm³/mol. The fraction of sp³-hybridized carbons (Fsp3) is 0.467. The van der Waals surface area contributed by atoms with E-state index in [1.807, 2.05) is 6.92 Å². The number of carbonyl (C=O) groups excluding carboxylic acids is 1. The Labute approximate surface area is 147 Å². The molecule has 1 atom stereocenters. The number of amides is 1. The van der Waals surface area contributed by atoms with Gasteiger partial charge >= 0.3 is 0 Å². The third-order valence-electron chi connectivity index (χ3n) is 3.95. The SMILES string of the molecule is Cc1nc(-c2ccc(CCNC(=O)C3(C)CC3(Cl)Cl)s2)cs1. The van der Waals surface area contributed by atoms with Crippen molar-refractivity contribution in [3.05, 3.63) is 27.4 Å². The van der Waals surface area contributed by atoms with Crippen molar-refractivity contribution in [1.29, 1.82) is 0 Å². The van der Waals surface area contributed by atoms with Gasteiger partial charge in [-0.25, -0.2) is 4.98 Å². The van der Waals surface area contributed by atoms with Crippen LogP contribution in [0.4, 0.5) is 0 Å². The highest BCUT2D eigenvalue weighted by atomic mass is 35.5. The van der Waals surface area contributed by atoms with Crippen LogP contribution in [0, 0.1) is 12.3 Å². The minimum Gasteiger partial charge on any atom is -0.355 e. The van der Waals surface area contributed by atoms with Crippen LogP contribution in [0.3, 0.4) is 0 Å². The Kier molecular flexibility index (Phi) is 4.27. The first kappa shape index (κ1) is 16.2. The second-order valence-corrected chi connectivity index (χ2v) is 9.45. The van der Waals surface area contributed by atoms with Crippen LogP contribution in [0.5, 0.6) is 0 Å². The number of hydrogen-bond donors (Lipinski definition) is 1. The molecule has 3 rings (SSSR count). The Morgan fingerprint density at radius 2 is 2.18 bits per heavy atom. The van der Waals surface area contributed by atoms with E-state index in [2.05, 4.69) is 27.8 Å². The molecule has 1 saturated carbocycles. The van der Waals surface area contributed by atoms with E-state index in [9.17, 15) is 4.79 Å². The smallest absolute Gasteiger partial charge is 0.229 e. The highest BCUT2D eigenvalue weighted by molar-refractivity contribution is 7.16. The van der Waals surface area contributed by atoms with Crippen LogP contribution in [0.1, 0.15) is 23.2 Å². The molecule has 1 fully saturated rings. The zero-order chi connectivity index (χ0) is 16.0. The molecule has 0 spiro atoms. The van der Waals surface area contributed by atoms with Crippen molar-refractivity contribution in [2.45, 2.75) is 31.0 Å². The van der Waals surface area contributed by atoms with Gasteiger partial charge in [-0.05, 0) is 38.8 Å². The van der Waals surface area contributed by atoms with E-state index in [4.69, 9.17) is 23.2 Å². The molecular weight excluding hydrogens is 359 g/mol. The number of nitrogens with zero attached hydrogens (tertiary/aromatic N) is 1. The summed E-state index contributed by atoms with van der Waals surface area (Å²) in [6, 6.07) is 4.17. The Bertz CT molecular complexity index is 710. The molecule has 0 bridgehead atoms. The standard InChI is InChI=1S/C15H16Cl2N2OS2/c1-9-19-11(7-21-9)12-4-3-10(22-12)5-6-18-13(20)14(2)8-15(14,16)17/h3-4,7H,5-6,8H2,1-2H3,(H,18,20). The van der Waals surface area contributed by atoms with Gasteiger partial charge in [-0.15, -0.1) is 45.9 Å². The molecule has 0 aromatic carbocycles. The molecule has 3 nitrogen and oxygen atoms in total. The van der Waals surface area contributed by atoms with E-state index >= 15 is 0 Å². The van der Waals surface area contributed by atoms with Crippen molar-refractivity contribution in [2.24, 2.45) is 5.41 Å². The summed E-state index contributed by atoms with van der Waals surface area (Å²) >= 11 is 15.4. The maximum Gasteiger partial charge on any atom is 0.229 e. The van der Waals surface area contributed by atoms with Gasteiger partial charge in [0.15, 0.2) is 0 Å². The Morgan fingerprint density at radius 1 is 1.45 bits per heavy atom. The number of aryl methyl sites for hydroxylation is 1. The number of halogens is 2. The molecule has 22 heavy (non-hydrogen) atoms. The fourth-order valence-corrected chi connectivity index (χ4v) is 4.63. The lowest BCUT2D eigenvalue weighted by molar-refractivity contribution is -0.125. The summed E-state index contributed by atoms with van der Waals surface area (Å²) in [6.07, 6.45) is 1.31. The van der Waals surface area contributed by atoms with Gasteiger partial charge in [0.1, 0.15) is 4.33 Å². The van der Waals surface area contributed by atoms with Gasteiger partial charge in [-0.3, -0.25) is 4.79 Å². The lowest BCUT2D eigenvalue weighted by Gasteiger charge is -2.12. The average molecular weight is 375 g/mol. The largest absolute Gasteiger partial charge is 0.355 e. The van der Waals surface area contributed by atoms with E-state index in [1.54, 1.807) is 29.6 Å². The van der Waals surface area contributed by atoms with Crippen LogP contribution >= 0.6 is 45.9 Å². The Morgan fingerprint density at radius 3 is 2.77 bits per heavy atom. The fourth-order valence-electron chi connectivity index (χ4n) is 2.27. The summed E-state index contributed by atoms with van der Waals surface area (Å²) in [5, 5.41) is 6.07. The summed E-state index contributed by atoms with van der Waals surface area (Å²) in [7, 11) is 0. The lowest BCUT2D eigenvalue weighted by Crippen LogP contribution is -2.34. The topological polar surface area (TPSA) is 42.0 Å². The molecule has 2 heterocycles. The zero-order valence-corrected chi connectivity index (χ0v) is 15.4. The van der Waals surface area contributed by atoms with Gasteiger partial charge < -0.3 is 5.32 Å². The maximum absolute atomic E-state index is 12.1. The molecule has 7 heteroatoms. The van der Waals surface area contributed by atoms with E-state index in [-0.39, 0.29) is 5.91 Å². The molecule has 0 aliphatic heterocycles. The summed E-state index contributed by atoms with van der Waals surface area (Å²) in [5.74, 6) is -0.0654. The summed E-state index contributed by atoms with van der Waals surface area (Å²) in [5.41, 5.74) is 0.386. The first-order valence-electron chi connectivity index (χ1n) is 6.99. The molecule has 2 aromatic heterocycles. The maximum atomic E-state index is 12.1. The van der Waals surface area contributed by atoms with E-state index in [0.29, 0.717) is 13.0 Å². The van der Waals surface area contributed by atoms with Gasteiger partial charge in [0.2, 0.25) is 5.91 Å². The molecule has 118 valence electrons. The summed E-state index contributed by atoms with van der Waals surface area (Å²) < 4.78 is -0.907. The average Bonchev–Trinajstić information content (AvgIpc) is 2.86. The number of thiophene rings is 1. The van der Waals surface area contributed by atoms with Crippen molar-refractivity contribution in [3.8, 4) is 10.6 Å². The van der Waals surface area contributed by atoms with Crippen molar-refractivity contribution >= 4 is 51.8 Å². The van der Waals surface area contributed by atoms with E-state index < -0.39 is 9.75 Å². The Balaban J connectivity index is 1.53. The van der Waals surface area contributed by atoms with Gasteiger partial charge in [0.25, 0.3) is 0 Å². The van der Waals surface area contributed by atoms with Crippen molar-refractivity contribution in [2.75, 3.05) is 6.54 Å². The Hall–Kier alpha value is -0.620. The predicted octanol–water partition coefficient (Wildman–Crippen LogP) is 4.42. The van der Waals surface area contributed by atoms with Gasteiger partial charge in [-0.2, -0.15) is 0 Å². The second kappa shape index (κ2) is 5.78. The molecule has 1 N–H and O–H groups in total. The number of thiazole rings is 1. The summed E-state index contributed by atoms with van der Waals surface area (Å²) in [6.45, 7) is 4.40. The monoisotopic (exact) mass is 374 g/mol. The zero-order valence-electron chi connectivity index (χ0n) is 12.3. The van der Waals surface area contributed by atoms with Crippen molar-refractivity contribution < 1.29 is 4.79 Å². The van der Waals surface area contributed by atoms with Crippen LogP contribution in [0.2, 0.25) is 0 Å². The minimum atomic E-state index is -0.907. The van der Waals surface area contributed by atoms with Crippen molar-refractivity contribution in [1.82, 2.24) is 10.3 Å². The van der Waals surface area contributed by atoms with Crippen LogP contribution < -0.4 is 5.32 Å². The van der Waals surface area contributed by atoms with Crippen LogP contribution in [0.25, 0.3) is 10.6 Å². The quantitative estimate of drug-likeness (QED) is 0.786. The number of rotatable bonds is 5. The van der Waals surface area contributed by atoms with Crippen LogP contribution in [-0.4, -0.2) is 21.8 Å².